The Kier molecular flexibility index (Phi) is 3.27. The summed E-state index contributed by atoms with van der Waals surface area (Å²) in [4.78, 5) is 33.8. The topological polar surface area (TPSA) is 84.5 Å². The van der Waals surface area contributed by atoms with Crippen molar-refractivity contribution in [3.8, 4) is 0 Å². The van der Waals surface area contributed by atoms with Gasteiger partial charge in [-0.3, -0.25) is 14.4 Å². The molecule has 0 saturated heterocycles. The molecule has 0 atom stereocenters. The summed E-state index contributed by atoms with van der Waals surface area (Å²) in [5.74, 6) is -0.987. The number of fused-ring (bicyclic) bond motifs is 1. The van der Waals surface area contributed by atoms with Crippen molar-refractivity contribution in [2.24, 2.45) is 0 Å². The largest absolute Gasteiger partial charge is 0.468 e. The van der Waals surface area contributed by atoms with E-state index in [4.69, 9.17) is 0 Å². The van der Waals surface area contributed by atoms with Crippen LogP contribution in [0.3, 0.4) is 0 Å². The normalized spacial score (nSPS) is 12.6. The van der Waals surface area contributed by atoms with Crippen LogP contribution in [0.15, 0.2) is 18.2 Å². The Bertz CT molecular complexity index is 525. The van der Waals surface area contributed by atoms with Crippen LogP contribution in [0.25, 0.3) is 0 Å². The minimum absolute atomic E-state index is 0.0860. The molecule has 0 aromatic heterocycles. The molecular weight excluding hydrogens is 236 g/mol. The van der Waals surface area contributed by atoms with Gasteiger partial charge in [-0.2, -0.15) is 0 Å². The number of methoxy groups -OCH3 is 1. The lowest BCUT2D eigenvalue weighted by atomic mass is 10.1. The summed E-state index contributed by atoms with van der Waals surface area (Å²) in [6.45, 7) is -0.182. The highest BCUT2D eigenvalue weighted by Crippen LogP contribution is 2.23. The summed E-state index contributed by atoms with van der Waals surface area (Å²) in [7, 11) is 1.25. The minimum Gasteiger partial charge on any atom is -0.468 e. The number of rotatable bonds is 3. The summed E-state index contributed by atoms with van der Waals surface area (Å²) in [5, 5.41) is 5.08. The van der Waals surface area contributed by atoms with E-state index in [1.165, 1.54) is 7.11 Å². The van der Waals surface area contributed by atoms with Crippen molar-refractivity contribution in [3.63, 3.8) is 0 Å². The smallest absolute Gasteiger partial charge is 0.325 e. The summed E-state index contributed by atoms with van der Waals surface area (Å²) in [6, 6.07) is 4.93. The molecule has 0 bridgehead atoms. The molecule has 2 amide bonds. The van der Waals surface area contributed by atoms with Crippen LogP contribution in [0.1, 0.15) is 15.9 Å². The van der Waals surface area contributed by atoms with Gasteiger partial charge in [-0.05, 0) is 17.7 Å². The van der Waals surface area contributed by atoms with Crippen molar-refractivity contribution in [1.29, 1.82) is 0 Å². The van der Waals surface area contributed by atoms with Crippen molar-refractivity contribution in [3.05, 3.63) is 29.3 Å². The van der Waals surface area contributed by atoms with E-state index in [1.54, 1.807) is 18.2 Å². The molecule has 0 radical (unpaired) electrons. The lowest BCUT2D eigenvalue weighted by molar-refractivity contribution is -0.139. The number of ether oxygens (including phenoxy) is 1. The molecular formula is C12H12N2O4. The minimum atomic E-state index is -0.516. The van der Waals surface area contributed by atoms with E-state index in [1.807, 2.05) is 0 Å². The van der Waals surface area contributed by atoms with E-state index in [0.717, 1.165) is 5.56 Å². The van der Waals surface area contributed by atoms with Gasteiger partial charge in [0.25, 0.3) is 5.91 Å². The molecule has 0 aliphatic carbocycles. The second-order valence-corrected chi connectivity index (χ2v) is 3.86. The van der Waals surface area contributed by atoms with E-state index >= 15 is 0 Å². The zero-order valence-corrected chi connectivity index (χ0v) is 9.78. The Morgan fingerprint density at radius 1 is 1.44 bits per heavy atom. The van der Waals surface area contributed by atoms with Crippen molar-refractivity contribution in [1.82, 2.24) is 5.32 Å². The predicted molar refractivity (Wildman–Crippen MR) is 63.1 cm³/mol. The molecule has 1 heterocycles. The van der Waals surface area contributed by atoms with Gasteiger partial charge in [0.1, 0.15) is 6.54 Å². The van der Waals surface area contributed by atoms with Gasteiger partial charge in [0, 0.05) is 11.3 Å². The first-order valence-electron chi connectivity index (χ1n) is 5.38. The van der Waals surface area contributed by atoms with E-state index < -0.39 is 5.97 Å². The van der Waals surface area contributed by atoms with Gasteiger partial charge >= 0.3 is 5.97 Å². The van der Waals surface area contributed by atoms with Gasteiger partial charge in [-0.15, -0.1) is 0 Å². The Morgan fingerprint density at radius 2 is 2.22 bits per heavy atom. The highest BCUT2D eigenvalue weighted by atomic mass is 16.5. The van der Waals surface area contributed by atoms with E-state index in [-0.39, 0.29) is 18.4 Å². The fraction of sp³-hybridized carbons (Fsp3) is 0.250. The zero-order valence-electron chi connectivity index (χ0n) is 9.78. The second-order valence-electron chi connectivity index (χ2n) is 3.86. The number of anilines is 1. The van der Waals surface area contributed by atoms with Crippen LogP contribution in [0.2, 0.25) is 0 Å². The van der Waals surface area contributed by atoms with Crippen molar-refractivity contribution in [2.75, 3.05) is 19.0 Å². The fourth-order valence-electron chi connectivity index (χ4n) is 1.68. The molecule has 0 unspecified atom stereocenters. The van der Waals surface area contributed by atoms with Gasteiger partial charge in [0.05, 0.1) is 13.5 Å². The Labute approximate surface area is 103 Å². The molecule has 1 aliphatic rings. The van der Waals surface area contributed by atoms with E-state index in [9.17, 15) is 14.4 Å². The van der Waals surface area contributed by atoms with Crippen LogP contribution in [0.5, 0.6) is 0 Å². The number of benzene rings is 1. The molecule has 94 valence electrons. The second kappa shape index (κ2) is 4.87. The van der Waals surface area contributed by atoms with Crippen molar-refractivity contribution >= 4 is 23.5 Å². The Balaban J connectivity index is 2.06. The molecule has 2 rings (SSSR count). The van der Waals surface area contributed by atoms with Crippen molar-refractivity contribution in [2.45, 2.75) is 6.42 Å². The molecule has 0 fully saturated rings. The van der Waals surface area contributed by atoms with Crippen molar-refractivity contribution < 1.29 is 19.1 Å². The third-order valence-electron chi connectivity index (χ3n) is 2.62. The quantitative estimate of drug-likeness (QED) is 0.742. The van der Waals surface area contributed by atoms with Gasteiger partial charge < -0.3 is 15.4 Å². The summed E-state index contributed by atoms with van der Waals surface area (Å²) < 4.78 is 4.41. The third kappa shape index (κ3) is 2.48. The summed E-state index contributed by atoms with van der Waals surface area (Å²) >= 11 is 0. The molecule has 1 aromatic carbocycles. The van der Waals surface area contributed by atoms with Gasteiger partial charge in [-0.25, -0.2) is 0 Å². The highest BCUT2D eigenvalue weighted by molar-refractivity contribution is 6.02. The molecule has 0 spiro atoms. The number of nitrogens with one attached hydrogen (secondary N) is 2. The third-order valence-corrected chi connectivity index (χ3v) is 2.62. The average Bonchev–Trinajstić information content (AvgIpc) is 2.74. The number of carbonyl (C=O) groups is 3. The molecule has 0 saturated carbocycles. The number of esters is 1. The molecule has 6 nitrogen and oxygen atoms in total. The van der Waals surface area contributed by atoms with Gasteiger partial charge in [0.15, 0.2) is 0 Å². The average molecular weight is 248 g/mol. The molecule has 18 heavy (non-hydrogen) atoms. The maximum atomic E-state index is 11.7. The van der Waals surface area contributed by atoms with Crippen LogP contribution in [0.4, 0.5) is 5.69 Å². The number of hydrogen-bond acceptors (Lipinski definition) is 4. The maximum Gasteiger partial charge on any atom is 0.325 e. The predicted octanol–water partition coefficient (Wildman–Crippen LogP) is 0.0840. The van der Waals surface area contributed by atoms with Crippen LogP contribution in [-0.4, -0.2) is 31.4 Å². The summed E-state index contributed by atoms with van der Waals surface area (Å²) in [5.41, 5.74) is 1.90. The maximum absolute atomic E-state index is 11.7. The molecule has 6 heteroatoms. The van der Waals surface area contributed by atoms with Gasteiger partial charge in [0.2, 0.25) is 5.91 Å². The standard InChI is InChI=1S/C12H12N2O4/c1-18-11(16)6-13-12(17)8-3-2-7-5-10(15)14-9(7)4-8/h2-4H,5-6H2,1H3,(H,13,17)(H,14,15). The number of hydrogen-bond donors (Lipinski definition) is 2. The highest BCUT2D eigenvalue weighted by Gasteiger charge is 2.19. The first kappa shape index (κ1) is 12.1. The Hall–Kier alpha value is -2.37. The van der Waals surface area contributed by atoms with Crippen LogP contribution < -0.4 is 10.6 Å². The van der Waals surface area contributed by atoms with Crippen LogP contribution in [0, 0.1) is 0 Å². The monoisotopic (exact) mass is 248 g/mol. The lowest BCUT2D eigenvalue weighted by Crippen LogP contribution is -2.30. The molecule has 1 aromatic rings. The van der Waals surface area contributed by atoms with Crippen LogP contribution >= 0.6 is 0 Å². The van der Waals surface area contributed by atoms with E-state index in [2.05, 4.69) is 15.4 Å². The van der Waals surface area contributed by atoms with Crippen LogP contribution in [-0.2, 0) is 20.7 Å². The van der Waals surface area contributed by atoms with E-state index in [0.29, 0.717) is 17.7 Å². The SMILES string of the molecule is COC(=O)CNC(=O)c1ccc2c(c1)NC(=O)C2. The number of amides is 2. The molecule has 2 N–H and O–H groups in total. The Morgan fingerprint density at radius 3 is 2.94 bits per heavy atom. The first-order chi connectivity index (χ1) is 8.60. The number of carbonyl (C=O) groups excluding carboxylic acids is 3. The lowest BCUT2D eigenvalue weighted by Gasteiger charge is -2.05. The molecule has 1 aliphatic heterocycles. The first-order valence-corrected chi connectivity index (χ1v) is 5.38. The summed E-state index contributed by atoms with van der Waals surface area (Å²) in [6.07, 6.45) is 0.333. The van der Waals surface area contributed by atoms with Gasteiger partial charge in [-0.1, -0.05) is 6.07 Å². The zero-order chi connectivity index (χ0) is 13.1. The fourth-order valence-corrected chi connectivity index (χ4v) is 1.68.